The first kappa shape index (κ1) is 19.8. The lowest BCUT2D eigenvalue weighted by Crippen LogP contribution is -2.31. The molecule has 0 spiro atoms. The lowest BCUT2D eigenvalue weighted by molar-refractivity contribution is 0.737. The standard InChI is InChI=1S/C18H23Cl3N4/c1-3-4-9-25(11-24-16-8-5-12(19)10-14(16)21)18-15(22)7-6-13(20)17(18)23-2/h5-8,10,23-24H,3-4,9,11,22H2,1-2H3. The van der Waals surface area contributed by atoms with E-state index in [1.54, 1.807) is 18.2 Å². The fourth-order valence-corrected chi connectivity index (χ4v) is 3.32. The summed E-state index contributed by atoms with van der Waals surface area (Å²) >= 11 is 18.6. The third-order valence-corrected chi connectivity index (χ3v) is 4.76. The zero-order chi connectivity index (χ0) is 18.4. The SMILES string of the molecule is CCCCN(CNc1ccc(Cl)cc1Cl)c1c(N)ccc(Cl)c1NC. The second-order valence-electron chi connectivity index (χ2n) is 5.69. The molecule has 0 aromatic heterocycles. The second kappa shape index (κ2) is 9.27. The van der Waals surface area contributed by atoms with Gasteiger partial charge in [-0.3, -0.25) is 0 Å². The Kier molecular flexibility index (Phi) is 7.36. The number of nitrogens with two attached hydrogens (primary N) is 1. The van der Waals surface area contributed by atoms with E-state index in [0.717, 1.165) is 36.4 Å². The van der Waals surface area contributed by atoms with E-state index in [1.807, 2.05) is 19.2 Å². The maximum Gasteiger partial charge on any atom is 0.0878 e. The van der Waals surface area contributed by atoms with Crippen LogP contribution in [0, 0.1) is 0 Å². The van der Waals surface area contributed by atoms with Crippen molar-refractivity contribution in [1.29, 1.82) is 0 Å². The van der Waals surface area contributed by atoms with Gasteiger partial charge in [0.15, 0.2) is 0 Å². The molecule has 2 aromatic rings. The molecule has 0 unspecified atom stereocenters. The molecule has 25 heavy (non-hydrogen) atoms. The van der Waals surface area contributed by atoms with Crippen molar-refractivity contribution in [1.82, 2.24) is 0 Å². The molecule has 0 saturated carbocycles. The van der Waals surface area contributed by atoms with Crippen molar-refractivity contribution in [2.75, 3.05) is 41.5 Å². The van der Waals surface area contributed by atoms with Gasteiger partial charge in [0.05, 0.1) is 39.5 Å². The van der Waals surface area contributed by atoms with Crippen LogP contribution in [0.15, 0.2) is 30.3 Å². The normalized spacial score (nSPS) is 10.6. The van der Waals surface area contributed by atoms with Gasteiger partial charge in [-0.05, 0) is 36.8 Å². The first-order valence-electron chi connectivity index (χ1n) is 8.17. The maximum absolute atomic E-state index is 6.34. The van der Waals surface area contributed by atoms with Crippen molar-refractivity contribution in [3.8, 4) is 0 Å². The quantitative estimate of drug-likeness (QED) is 0.378. The molecule has 0 aliphatic rings. The number of hydrogen-bond donors (Lipinski definition) is 3. The minimum Gasteiger partial charge on any atom is -0.397 e. The number of anilines is 4. The van der Waals surface area contributed by atoms with Crippen LogP contribution in [0.25, 0.3) is 0 Å². The van der Waals surface area contributed by atoms with Crippen molar-refractivity contribution in [2.45, 2.75) is 19.8 Å². The molecule has 0 aliphatic heterocycles. The number of halogens is 3. The molecule has 0 aliphatic carbocycles. The summed E-state index contributed by atoms with van der Waals surface area (Å²) in [5, 5.41) is 8.33. The fourth-order valence-electron chi connectivity index (χ4n) is 2.59. The Hall–Kier alpha value is -1.49. The monoisotopic (exact) mass is 400 g/mol. The van der Waals surface area contributed by atoms with Crippen LogP contribution in [-0.4, -0.2) is 20.3 Å². The third-order valence-electron chi connectivity index (χ3n) is 3.90. The smallest absolute Gasteiger partial charge is 0.0878 e. The summed E-state index contributed by atoms with van der Waals surface area (Å²) < 4.78 is 0. The van der Waals surface area contributed by atoms with Crippen LogP contribution in [0.3, 0.4) is 0 Å². The molecule has 4 nitrogen and oxygen atoms in total. The number of rotatable bonds is 8. The van der Waals surface area contributed by atoms with Crippen LogP contribution in [0.4, 0.5) is 22.7 Å². The average molecular weight is 402 g/mol. The van der Waals surface area contributed by atoms with Crippen LogP contribution in [0.1, 0.15) is 19.8 Å². The molecular weight excluding hydrogens is 379 g/mol. The predicted octanol–water partition coefficient (Wildman–Crippen LogP) is 5.95. The van der Waals surface area contributed by atoms with Crippen LogP contribution in [0.5, 0.6) is 0 Å². The molecule has 7 heteroatoms. The molecule has 2 rings (SSSR count). The van der Waals surface area contributed by atoms with Crippen molar-refractivity contribution in [3.05, 3.63) is 45.4 Å². The molecule has 2 aromatic carbocycles. The lowest BCUT2D eigenvalue weighted by atomic mass is 10.2. The number of nitrogens with zero attached hydrogens (tertiary/aromatic N) is 1. The van der Waals surface area contributed by atoms with Gasteiger partial charge in [0.25, 0.3) is 0 Å². The number of nitrogen functional groups attached to an aromatic ring is 1. The third kappa shape index (κ3) is 5.00. The van der Waals surface area contributed by atoms with Gasteiger partial charge >= 0.3 is 0 Å². The first-order valence-corrected chi connectivity index (χ1v) is 9.30. The summed E-state index contributed by atoms with van der Waals surface area (Å²) in [4.78, 5) is 2.17. The van der Waals surface area contributed by atoms with Gasteiger partial charge < -0.3 is 21.3 Å². The minimum atomic E-state index is 0.542. The molecule has 136 valence electrons. The first-order chi connectivity index (χ1) is 12.0. The Balaban J connectivity index is 2.29. The van der Waals surface area contributed by atoms with Crippen molar-refractivity contribution < 1.29 is 0 Å². The highest BCUT2D eigenvalue weighted by Crippen LogP contribution is 2.38. The minimum absolute atomic E-state index is 0.542. The zero-order valence-electron chi connectivity index (χ0n) is 14.4. The van der Waals surface area contributed by atoms with Crippen LogP contribution in [0.2, 0.25) is 15.1 Å². The maximum atomic E-state index is 6.34. The molecule has 0 radical (unpaired) electrons. The van der Waals surface area contributed by atoms with E-state index in [9.17, 15) is 0 Å². The summed E-state index contributed by atoms with van der Waals surface area (Å²) in [5.74, 6) is 0. The lowest BCUT2D eigenvalue weighted by Gasteiger charge is -2.29. The van der Waals surface area contributed by atoms with Gasteiger partial charge in [-0.25, -0.2) is 0 Å². The van der Waals surface area contributed by atoms with Crippen molar-refractivity contribution >= 4 is 57.6 Å². The van der Waals surface area contributed by atoms with E-state index in [-0.39, 0.29) is 0 Å². The Morgan fingerprint density at radius 1 is 1.08 bits per heavy atom. The molecule has 4 N–H and O–H groups in total. The Labute approximate surface area is 164 Å². The summed E-state index contributed by atoms with van der Waals surface area (Å²) in [6, 6.07) is 9.01. The molecular formula is C18H23Cl3N4. The van der Waals surface area contributed by atoms with E-state index in [0.29, 0.717) is 27.4 Å². The average Bonchev–Trinajstić information content (AvgIpc) is 2.58. The Morgan fingerprint density at radius 3 is 2.48 bits per heavy atom. The summed E-state index contributed by atoms with van der Waals surface area (Å²) in [5.41, 5.74) is 9.45. The highest BCUT2D eigenvalue weighted by Gasteiger charge is 2.17. The van der Waals surface area contributed by atoms with Gasteiger partial charge in [-0.15, -0.1) is 0 Å². The highest BCUT2D eigenvalue weighted by atomic mass is 35.5. The molecule has 0 amide bonds. The van der Waals surface area contributed by atoms with E-state index in [4.69, 9.17) is 40.5 Å². The number of hydrogen-bond acceptors (Lipinski definition) is 4. The number of benzene rings is 2. The molecule has 0 fully saturated rings. The van der Waals surface area contributed by atoms with Gasteiger partial charge in [0.2, 0.25) is 0 Å². The van der Waals surface area contributed by atoms with E-state index >= 15 is 0 Å². The number of nitrogens with one attached hydrogen (secondary N) is 2. The summed E-state index contributed by atoms with van der Waals surface area (Å²) in [6.45, 7) is 3.54. The van der Waals surface area contributed by atoms with Gasteiger partial charge in [-0.1, -0.05) is 48.1 Å². The van der Waals surface area contributed by atoms with Crippen molar-refractivity contribution in [3.63, 3.8) is 0 Å². The van der Waals surface area contributed by atoms with Gasteiger partial charge in [-0.2, -0.15) is 0 Å². The predicted molar refractivity (Wildman–Crippen MR) is 113 cm³/mol. The van der Waals surface area contributed by atoms with Crippen LogP contribution < -0.4 is 21.3 Å². The van der Waals surface area contributed by atoms with Gasteiger partial charge in [0, 0.05) is 18.6 Å². The summed E-state index contributed by atoms with van der Waals surface area (Å²) in [6.07, 6.45) is 2.11. The topological polar surface area (TPSA) is 53.3 Å². The van der Waals surface area contributed by atoms with E-state index < -0.39 is 0 Å². The largest absolute Gasteiger partial charge is 0.397 e. The van der Waals surface area contributed by atoms with Crippen molar-refractivity contribution in [2.24, 2.45) is 0 Å². The van der Waals surface area contributed by atoms with Crippen LogP contribution in [-0.2, 0) is 0 Å². The Morgan fingerprint density at radius 2 is 1.84 bits per heavy atom. The fraction of sp³-hybridized carbons (Fsp3) is 0.333. The van der Waals surface area contributed by atoms with E-state index in [1.165, 1.54) is 0 Å². The molecule has 0 atom stereocenters. The second-order valence-corrected chi connectivity index (χ2v) is 6.94. The molecule has 0 saturated heterocycles. The Bertz CT molecular complexity index is 722. The molecule has 0 heterocycles. The molecule has 0 bridgehead atoms. The highest BCUT2D eigenvalue weighted by molar-refractivity contribution is 6.36. The van der Waals surface area contributed by atoms with Crippen LogP contribution >= 0.6 is 34.8 Å². The number of unbranched alkanes of at least 4 members (excludes halogenated alkanes) is 1. The van der Waals surface area contributed by atoms with E-state index in [2.05, 4.69) is 22.5 Å². The zero-order valence-corrected chi connectivity index (χ0v) is 16.6. The van der Waals surface area contributed by atoms with Gasteiger partial charge in [0.1, 0.15) is 0 Å². The summed E-state index contributed by atoms with van der Waals surface area (Å²) in [7, 11) is 1.84.